The third-order valence-corrected chi connectivity index (χ3v) is 4.26. The van der Waals surface area contributed by atoms with Gasteiger partial charge in [0.1, 0.15) is 0 Å². The number of thiophene rings is 1. The summed E-state index contributed by atoms with van der Waals surface area (Å²) in [5, 5.41) is 7.91. The lowest BCUT2D eigenvalue weighted by atomic mass is 10.1. The van der Waals surface area contributed by atoms with Gasteiger partial charge in [-0.1, -0.05) is 19.1 Å². The first-order valence-electron chi connectivity index (χ1n) is 5.81. The molecule has 1 N–H and O–H groups in total. The highest BCUT2D eigenvalue weighted by Crippen LogP contribution is 2.30. The van der Waals surface area contributed by atoms with Crippen LogP contribution < -0.4 is 5.32 Å². The van der Waals surface area contributed by atoms with Gasteiger partial charge in [-0.3, -0.25) is 0 Å². The summed E-state index contributed by atoms with van der Waals surface area (Å²) < 4.78 is 0. The maximum atomic E-state index is 3.58. The Morgan fingerprint density at radius 3 is 2.82 bits per heavy atom. The summed E-state index contributed by atoms with van der Waals surface area (Å²) in [6.07, 6.45) is 0. The molecule has 0 radical (unpaired) electrons. The molecular weight excluding hydrogens is 246 g/mol. The van der Waals surface area contributed by atoms with Crippen LogP contribution in [0.3, 0.4) is 0 Å². The smallest absolute Gasteiger partial charge is 0.0494 e. The lowest BCUT2D eigenvalue weighted by Gasteiger charge is -2.16. The molecule has 0 aliphatic carbocycles. The quantitative estimate of drug-likeness (QED) is 0.759. The van der Waals surface area contributed by atoms with Crippen LogP contribution in [0.4, 0.5) is 5.69 Å². The van der Waals surface area contributed by atoms with E-state index >= 15 is 0 Å². The zero-order valence-corrected chi connectivity index (χ0v) is 11.8. The van der Waals surface area contributed by atoms with E-state index in [-0.39, 0.29) is 0 Å². The summed E-state index contributed by atoms with van der Waals surface area (Å²) in [6.45, 7) is 4.39. The first-order chi connectivity index (χ1) is 8.31. The third kappa shape index (κ3) is 3.27. The lowest BCUT2D eigenvalue weighted by molar-refractivity contribution is 0.885. The maximum Gasteiger partial charge on any atom is 0.0494 e. The van der Waals surface area contributed by atoms with Crippen LogP contribution in [0.5, 0.6) is 0 Å². The molecule has 90 valence electrons. The Balaban J connectivity index is 2.12. The van der Waals surface area contributed by atoms with Crippen molar-refractivity contribution in [2.24, 2.45) is 0 Å². The van der Waals surface area contributed by atoms with Crippen molar-refractivity contribution < 1.29 is 0 Å². The zero-order chi connectivity index (χ0) is 12.1. The van der Waals surface area contributed by atoms with Gasteiger partial charge in [0.25, 0.3) is 0 Å². The minimum absolute atomic E-state index is 0.361. The highest BCUT2D eigenvalue weighted by molar-refractivity contribution is 7.99. The lowest BCUT2D eigenvalue weighted by Crippen LogP contribution is -2.06. The molecule has 0 fully saturated rings. The van der Waals surface area contributed by atoms with Gasteiger partial charge < -0.3 is 5.32 Å². The molecule has 0 aliphatic heterocycles. The van der Waals surface area contributed by atoms with Gasteiger partial charge in [0.2, 0.25) is 0 Å². The van der Waals surface area contributed by atoms with Crippen molar-refractivity contribution in [3.63, 3.8) is 0 Å². The van der Waals surface area contributed by atoms with Crippen molar-refractivity contribution in [1.29, 1.82) is 0 Å². The van der Waals surface area contributed by atoms with Gasteiger partial charge >= 0.3 is 0 Å². The van der Waals surface area contributed by atoms with Crippen LogP contribution >= 0.6 is 23.1 Å². The van der Waals surface area contributed by atoms with Gasteiger partial charge in [0.05, 0.1) is 0 Å². The van der Waals surface area contributed by atoms with Crippen LogP contribution in [-0.2, 0) is 0 Å². The first-order valence-corrected chi connectivity index (χ1v) is 7.74. The average molecular weight is 263 g/mol. The molecular formula is C14H17NS2. The predicted octanol–water partition coefficient (Wildman–Crippen LogP) is 5.03. The number of rotatable bonds is 5. The van der Waals surface area contributed by atoms with E-state index in [1.807, 2.05) is 11.8 Å². The van der Waals surface area contributed by atoms with Gasteiger partial charge in [0, 0.05) is 16.6 Å². The third-order valence-electron chi connectivity index (χ3n) is 2.60. The topological polar surface area (TPSA) is 12.0 Å². The van der Waals surface area contributed by atoms with Crippen molar-refractivity contribution >= 4 is 28.8 Å². The van der Waals surface area contributed by atoms with Crippen LogP contribution in [0.1, 0.15) is 25.5 Å². The van der Waals surface area contributed by atoms with E-state index in [1.54, 1.807) is 11.3 Å². The van der Waals surface area contributed by atoms with Gasteiger partial charge in [-0.25, -0.2) is 0 Å². The Bertz CT molecular complexity index is 451. The van der Waals surface area contributed by atoms with E-state index in [9.17, 15) is 0 Å². The number of hydrogen-bond acceptors (Lipinski definition) is 3. The summed E-state index contributed by atoms with van der Waals surface area (Å²) >= 11 is 3.63. The average Bonchev–Trinajstić information content (AvgIpc) is 2.85. The molecule has 3 heteroatoms. The zero-order valence-electron chi connectivity index (χ0n) is 10.1. The van der Waals surface area contributed by atoms with Gasteiger partial charge in [-0.05, 0) is 47.2 Å². The van der Waals surface area contributed by atoms with Gasteiger partial charge in [0.15, 0.2) is 0 Å². The fraction of sp³-hybridized carbons (Fsp3) is 0.286. The largest absolute Gasteiger partial charge is 0.378 e. The number of hydrogen-bond donors (Lipinski definition) is 1. The van der Waals surface area contributed by atoms with Crippen molar-refractivity contribution in [3.05, 3.63) is 46.7 Å². The predicted molar refractivity (Wildman–Crippen MR) is 79.2 cm³/mol. The van der Waals surface area contributed by atoms with Crippen molar-refractivity contribution in [1.82, 2.24) is 0 Å². The second-order valence-corrected chi connectivity index (χ2v) is 5.94. The van der Waals surface area contributed by atoms with Crippen LogP contribution in [0.15, 0.2) is 46.0 Å². The first kappa shape index (κ1) is 12.5. The number of nitrogens with one attached hydrogen (secondary N) is 1. The fourth-order valence-corrected chi connectivity index (χ4v) is 3.23. The van der Waals surface area contributed by atoms with E-state index in [1.165, 1.54) is 16.1 Å². The summed E-state index contributed by atoms with van der Waals surface area (Å²) in [5.41, 5.74) is 2.59. The summed E-state index contributed by atoms with van der Waals surface area (Å²) in [6, 6.07) is 11.1. The molecule has 1 nitrogen and oxygen atoms in total. The highest BCUT2D eigenvalue weighted by Gasteiger charge is 2.08. The second-order valence-electron chi connectivity index (χ2n) is 3.85. The normalized spacial score (nSPS) is 12.4. The van der Waals surface area contributed by atoms with Gasteiger partial charge in [-0.15, -0.1) is 11.8 Å². The van der Waals surface area contributed by atoms with Crippen molar-refractivity contribution in [3.8, 4) is 0 Å². The number of benzene rings is 1. The Kier molecular flexibility index (Phi) is 4.51. The summed E-state index contributed by atoms with van der Waals surface area (Å²) in [4.78, 5) is 1.33. The van der Waals surface area contributed by atoms with Crippen molar-refractivity contribution in [2.45, 2.75) is 24.8 Å². The van der Waals surface area contributed by atoms with E-state index in [2.05, 4.69) is 60.3 Å². The molecule has 0 saturated heterocycles. The molecule has 1 aromatic carbocycles. The molecule has 2 rings (SSSR count). The van der Waals surface area contributed by atoms with E-state index < -0.39 is 0 Å². The second kappa shape index (κ2) is 6.12. The van der Waals surface area contributed by atoms with Crippen molar-refractivity contribution in [2.75, 3.05) is 11.1 Å². The monoisotopic (exact) mass is 263 g/mol. The van der Waals surface area contributed by atoms with E-state index in [0.717, 1.165) is 5.75 Å². The molecule has 1 atom stereocenters. The Hall–Kier alpha value is -0.930. The molecule has 0 amide bonds. The molecule has 1 aromatic heterocycles. The number of thioether (sulfide) groups is 1. The van der Waals surface area contributed by atoms with Crippen LogP contribution in [-0.4, -0.2) is 5.75 Å². The van der Waals surface area contributed by atoms with Crippen LogP contribution in [0, 0.1) is 0 Å². The molecule has 0 bridgehead atoms. The van der Waals surface area contributed by atoms with Crippen LogP contribution in [0.25, 0.3) is 0 Å². The maximum absolute atomic E-state index is 3.58. The van der Waals surface area contributed by atoms with Gasteiger partial charge in [-0.2, -0.15) is 11.3 Å². The minimum atomic E-state index is 0.361. The molecule has 2 aromatic rings. The molecule has 1 heterocycles. The summed E-state index contributed by atoms with van der Waals surface area (Å²) in [7, 11) is 0. The fourth-order valence-electron chi connectivity index (χ4n) is 1.71. The Labute approximate surface area is 111 Å². The Morgan fingerprint density at radius 2 is 2.12 bits per heavy atom. The number of para-hydroxylation sites is 1. The highest BCUT2D eigenvalue weighted by atomic mass is 32.2. The molecule has 0 spiro atoms. The molecule has 0 saturated carbocycles. The molecule has 1 unspecified atom stereocenters. The Morgan fingerprint density at radius 1 is 1.29 bits per heavy atom. The molecule has 17 heavy (non-hydrogen) atoms. The molecule has 0 aliphatic rings. The van der Waals surface area contributed by atoms with E-state index in [0.29, 0.717) is 6.04 Å². The summed E-state index contributed by atoms with van der Waals surface area (Å²) in [5.74, 6) is 1.10. The number of anilines is 1. The minimum Gasteiger partial charge on any atom is -0.378 e. The standard InChI is InChI=1S/C14H17NS2/c1-3-17-14-7-5-4-6-13(14)15-11(2)12-8-9-16-10-12/h4-11,15H,3H2,1-2H3. The SMILES string of the molecule is CCSc1ccccc1NC(C)c1ccsc1. The van der Waals surface area contributed by atoms with Crippen LogP contribution in [0.2, 0.25) is 0 Å². The van der Waals surface area contributed by atoms with E-state index in [4.69, 9.17) is 0 Å².